The summed E-state index contributed by atoms with van der Waals surface area (Å²) >= 11 is 3.43. The number of hydrogen-bond acceptors (Lipinski definition) is 2. The number of amides is 1. The molecule has 22 heavy (non-hydrogen) atoms. The van der Waals surface area contributed by atoms with Crippen LogP contribution in [-0.2, 0) is 4.79 Å². The normalized spacial score (nSPS) is 12.2. The molecule has 0 fully saturated rings. The fourth-order valence-corrected chi connectivity index (χ4v) is 2.78. The van der Waals surface area contributed by atoms with Gasteiger partial charge in [-0.25, -0.2) is 0 Å². The van der Waals surface area contributed by atoms with Gasteiger partial charge in [-0.2, -0.15) is 0 Å². The largest absolute Gasteiger partial charge is 0.325 e. The van der Waals surface area contributed by atoms with Crippen LogP contribution < -0.4 is 5.32 Å². The molecule has 3 nitrogen and oxygen atoms in total. The van der Waals surface area contributed by atoms with Gasteiger partial charge >= 0.3 is 0 Å². The van der Waals surface area contributed by atoms with Crippen LogP contribution in [0, 0.1) is 6.92 Å². The van der Waals surface area contributed by atoms with Gasteiger partial charge in [-0.3, -0.25) is 9.69 Å². The Labute approximate surface area is 140 Å². The number of carbonyl (C=O) groups is 1. The molecule has 0 saturated heterocycles. The van der Waals surface area contributed by atoms with Crippen molar-refractivity contribution < 1.29 is 4.79 Å². The first-order valence-electron chi connectivity index (χ1n) is 7.28. The van der Waals surface area contributed by atoms with E-state index < -0.39 is 0 Å². The first-order chi connectivity index (χ1) is 10.5. The number of carbonyl (C=O) groups excluding carboxylic acids is 1. The van der Waals surface area contributed by atoms with Crippen molar-refractivity contribution in [1.82, 2.24) is 4.90 Å². The van der Waals surface area contributed by atoms with Crippen LogP contribution in [0.1, 0.15) is 24.1 Å². The number of nitrogens with one attached hydrogen (secondary N) is 1. The molecule has 2 aromatic carbocycles. The first kappa shape index (κ1) is 16.7. The van der Waals surface area contributed by atoms with Crippen LogP contribution in [0.3, 0.4) is 0 Å². The van der Waals surface area contributed by atoms with E-state index in [1.54, 1.807) is 0 Å². The average Bonchev–Trinajstić information content (AvgIpc) is 2.50. The number of benzene rings is 2. The van der Waals surface area contributed by atoms with Crippen LogP contribution in [-0.4, -0.2) is 24.4 Å². The highest BCUT2D eigenvalue weighted by Gasteiger charge is 2.15. The molecule has 116 valence electrons. The van der Waals surface area contributed by atoms with Crippen molar-refractivity contribution in [2.45, 2.75) is 19.9 Å². The highest BCUT2D eigenvalue weighted by molar-refractivity contribution is 9.10. The third kappa shape index (κ3) is 4.42. The van der Waals surface area contributed by atoms with E-state index in [0.29, 0.717) is 6.54 Å². The van der Waals surface area contributed by atoms with Crippen molar-refractivity contribution in [3.8, 4) is 0 Å². The van der Waals surface area contributed by atoms with E-state index in [4.69, 9.17) is 0 Å². The Bertz CT molecular complexity index is 643. The van der Waals surface area contributed by atoms with Crippen LogP contribution >= 0.6 is 15.9 Å². The predicted molar refractivity (Wildman–Crippen MR) is 95.0 cm³/mol. The van der Waals surface area contributed by atoms with Crippen molar-refractivity contribution >= 4 is 27.5 Å². The SMILES string of the molecule is Cc1cc(Br)ccc1NC(=O)CN(C)[C@@H](C)c1ccccc1. The topological polar surface area (TPSA) is 32.3 Å². The summed E-state index contributed by atoms with van der Waals surface area (Å²) in [5, 5.41) is 2.97. The number of nitrogens with zero attached hydrogens (tertiary/aromatic N) is 1. The van der Waals surface area contributed by atoms with Gasteiger partial charge in [0, 0.05) is 16.2 Å². The molecule has 0 radical (unpaired) electrons. The molecule has 0 spiro atoms. The van der Waals surface area contributed by atoms with Crippen molar-refractivity contribution in [3.05, 3.63) is 64.1 Å². The minimum absolute atomic E-state index is 0.00398. The molecule has 1 amide bonds. The summed E-state index contributed by atoms with van der Waals surface area (Å²) in [5.74, 6) is -0.00398. The van der Waals surface area contributed by atoms with E-state index >= 15 is 0 Å². The van der Waals surface area contributed by atoms with Crippen LogP contribution in [0.4, 0.5) is 5.69 Å². The lowest BCUT2D eigenvalue weighted by atomic mass is 10.1. The van der Waals surface area contributed by atoms with E-state index in [1.165, 1.54) is 5.56 Å². The molecule has 4 heteroatoms. The first-order valence-corrected chi connectivity index (χ1v) is 8.08. The summed E-state index contributed by atoms with van der Waals surface area (Å²) in [6.07, 6.45) is 0. The van der Waals surface area contributed by atoms with Crippen molar-refractivity contribution in [1.29, 1.82) is 0 Å². The van der Waals surface area contributed by atoms with Crippen LogP contribution in [0.15, 0.2) is 53.0 Å². The average molecular weight is 361 g/mol. The van der Waals surface area contributed by atoms with E-state index in [0.717, 1.165) is 15.7 Å². The molecule has 1 atom stereocenters. The number of rotatable bonds is 5. The van der Waals surface area contributed by atoms with Gasteiger partial charge in [-0.1, -0.05) is 46.3 Å². The fourth-order valence-electron chi connectivity index (χ4n) is 2.31. The molecule has 0 bridgehead atoms. The fraction of sp³-hybridized carbons (Fsp3) is 0.278. The van der Waals surface area contributed by atoms with Gasteiger partial charge in [0.05, 0.1) is 6.54 Å². The van der Waals surface area contributed by atoms with Gasteiger partial charge in [0.15, 0.2) is 0 Å². The number of aryl methyl sites for hydroxylation is 1. The zero-order valence-corrected chi connectivity index (χ0v) is 14.7. The Morgan fingerprint density at radius 2 is 1.91 bits per heavy atom. The monoisotopic (exact) mass is 360 g/mol. The zero-order valence-electron chi connectivity index (χ0n) is 13.1. The maximum Gasteiger partial charge on any atom is 0.238 e. The molecule has 0 aliphatic heterocycles. The van der Waals surface area contributed by atoms with Crippen LogP contribution in [0.5, 0.6) is 0 Å². The molecule has 0 heterocycles. The van der Waals surface area contributed by atoms with Gasteiger partial charge in [-0.05, 0) is 50.2 Å². The summed E-state index contributed by atoms with van der Waals surface area (Å²) in [6, 6.07) is 16.2. The Kier molecular flexibility index (Phi) is 5.75. The molecule has 1 N–H and O–H groups in total. The zero-order chi connectivity index (χ0) is 16.1. The smallest absolute Gasteiger partial charge is 0.238 e. The lowest BCUT2D eigenvalue weighted by molar-refractivity contribution is -0.117. The predicted octanol–water partition coefficient (Wildman–Crippen LogP) is 4.39. The van der Waals surface area contributed by atoms with E-state index in [1.807, 2.05) is 55.3 Å². The number of hydrogen-bond donors (Lipinski definition) is 1. The Balaban J connectivity index is 1.96. The van der Waals surface area contributed by atoms with E-state index in [-0.39, 0.29) is 11.9 Å². The Morgan fingerprint density at radius 1 is 1.23 bits per heavy atom. The summed E-state index contributed by atoms with van der Waals surface area (Å²) in [5.41, 5.74) is 3.10. The molecular weight excluding hydrogens is 340 g/mol. The van der Waals surface area contributed by atoms with Crippen molar-refractivity contribution in [2.75, 3.05) is 18.9 Å². The Hall–Kier alpha value is -1.65. The van der Waals surface area contributed by atoms with Crippen molar-refractivity contribution in [3.63, 3.8) is 0 Å². The van der Waals surface area contributed by atoms with Crippen LogP contribution in [0.25, 0.3) is 0 Å². The highest BCUT2D eigenvalue weighted by Crippen LogP contribution is 2.21. The summed E-state index contributed by atoms with van der Waals surface area (Å²) in [7, 11) is 1.96. The van der Waals surface area contributed by atoms with E-state index in [2.05, 4.69) is 40.3 Å². The van der Waals surface area contributed by atoms with Gasteiger partial charge in [-0.15, -0.1) is 0 Å². The third-order valence-corrected chi connectivity index (χ3v) is 4.29. The molecule has 0 aliphatic carbocycles. The quantitative estimate of drug-likeness (QED) is 0.857. The number of likely N-dealkylation sites (N-methyl/N-ethyl adjacent to an activating group) is 1. The lowest BCUT2D eigenvalue weighted by Gasteiger charge is -2.24. The van der Waals surface area contributed by atoms with Gasteiger partial charge < -0.3 is 5.32 Å². The van der Waals surface area contributed by atoms with Crippen LogP contribution in [0.2, 0.25) is 0 Å². The molecule has 0 aliphatic rings. The molecule has 2 aromatic rings. The third-order valence-electron chi connectivity index (χ3n) is 3.80. The van der Waals surface area contributed by atoms with Crippen molar-refractivity contribution in [2.24, 2.45) is 0 Å². The molecule has 0 unspecified atom stereocenters. The van der Waals surface area contributed by atoms with Gasteiger partial charge in [0.1, 0.15) is 0 Å². The highest BCUT2D eigenvalue weighted by atomic mass is 79.9. The molecule has 2 rings (SSSR count). The standard InChI is InChI=1S/C18H21BrN2O/c1-13-11-16(19)9-10-17(13)20-18(22)12-21(3)14(2)15-7-5-4-6-8-15/h4-11,14H,12H2,1-3H3,(H,20,22)/t14-/m0/s1. The Morgan fingerprint density at radius 3 is 2.55 bits per heavy atom. The van der Waals surface area contributed by atoms with E-state index in [9.17, 15) is 4.79 Å². The second kappa shape index (κ2) is 7.56. The van der Waals surface area contributed by atoms with Gasteiger partial charge in [0.25, 0.3) is 0 Å². The second-order valence-electron chi connectivity index (χ2n) is 5.51. The second-order valence-corrected chi connectivity index (χ2v) is 6.42. The maximum atomic E-state index is 12.2. The summed E-state index contributed by atoms with van der Waals surface area (Å²) in [6.45, 7) is 4.44. The van der Waals surface area contributed by atoms with Gasteiger partial charge in [0.2, 0.25) is 5.91 Å². The molecule has 0 aromatic heterocycles. The lowest BCUT2D eigenvalue weighted by Crippen LogP contribution is -2.32. The summed E-state index contributed by atoms with van der Waals surface area (Å²) < 4.78 is 1.01. The summed E-state index contributed by atoms with van der Waals surface area (Å²) in [4.78, 5) is 14.3. The number of halogens is 1. The number of anilines is 1. The minimum atomic E-state index is -0.00398. The molecule has 0 saturated carbocycles. The minimum Gasteiger partial charge on any atom is -0.325 e. The molecular formula is C18H21BrN2O. The maximum absolute atomic E-state index is 12.2.